The fraction of sp³-hybridized carbons (Fsp3) is 0.205. The first kappa shape index (κ1) is 64.7. The number of carbonyl (C=O) groups excluding carboxylic acids is 6. The average molecular weight is 1420 g/mol. The van der Waals surface area contributed by atoms with Gasteiger partial charge in [0, 0.05) is 102 Å². The van der Waals surface area contributed by atoms with Gasteiger partial charge in [0.2, 0.25) is 34.8 Å². The number of piperidine rings is 1. The van der Waals surface area contributed by atoms with Gasteiger partial charge in [-0.2, -0.15) is 19.6 Å². The lowest BCUT2D eigenvalue weighted by atomic mass is 9.70. The molecule has 3 spiro atoms. The average Bonchev–Trinajstić information content (AvgIpc) is 1.55. The molecule has 3 fully saturated rings. The molecule has 28 heteroatoms. The molecular formula is C78H62N14O14+6. The van der Waals surface area contributed by atoms with Crippen molar-refractivity contribution in [1.29, 1.82) is 0 Å². The molecule has 0 radical (unpaired) electrons. The minimum absolute atomic E-state index is 0.0129. The normalized spacial score (nSPS) is 22.8. The second-order valence-electron chi connectivity index (χ2n) is 27.5. The maximum Gasteiger partial charge on any atom is 0.550 e. The molecule has 6 aromatic heterocycles. The molecule has 11 aromatic rings. The first-order valence-corrected chi connectivity index (χ1v) is 34.5. The summed E-state index contributed by atoms with van der Waals surface area (Å²) in [5, 5.41) is 59.6. The van der Waals surface area contributed by atoms with Gasteiger partial charge in [-0.1, -0.05) is 103 Å². The molecule has 7 unspecified atom stereocenters. The summed E-state index contributed by atoms with van der Waals surface area (Å²) in [5.41, 5.74) is 5.15. The fourth-order valence-electron chi connectivity index (χ4n) is 18.4. The summed E-state index contributed by atoms with van der Waals surface area (Å²) >= 11 is 0. The molecular weight excluding hydrogens is 1360 g/mol. The van der Waals surface area contributed by atoms with Gasteiger partial charge in [-0.15, -0.1) is 9.13 Å². The van der Waals surface area contributed by atoms with E-state index in [9.17, 15) is 69.3 Å². The number of nitro benzene ring substituents is 3. The summed E-state index contributed by atoms with van der Waals surface area (Å²) in [5.74, 6) is -6.34. The van der Waals surface area contributed by atoms with Gasteiger partial charge in [0.25, 0.3) is 28.5 Å². The fourth-order valence-corrected chi connectivity index (χ4v) is 18.4. The van der Waals surface area contributed by atoms with Crippen molar-refractivity contribution in [2.24, 2.45) is 5.92 Å². The molecule has 106 heavy (non-hydrogen) atoms. The Labute approximate surface area is 600 Å². The second-order valence-corrected chi connectivity index (χ2v) is 27.5. The predicted octanol–water partition coefficient (Wildman–Crippen LogP) is 5.35. The molecule has 7 atom stereocenters. The number of Topliss-reactive ketones (excluding diaryl/α,β-unsaturated/α-hetero) is 1. The van der Waals surface area contributed by atoms with Gasteiger partial charge in [0.1, 0.15) is 19.6 Å². The number of hydrogen-bond acceptors (Lipinski definition) is 14. The van der Waals surface area contributed by atoms with Crippen LogP contribution in [0.15, 0.2) is 231 Å². The third kappa shape index (κ3) is 8.81. The Hall–Kier alpha value is -13.3. The van der Waals surface area contributed by atoms with Gasteiger partial charge in [0.15, 0.2) is 54.6 Å². The zero-order chi connectivity index (χ0) is 73.0. The van der Waals surface area contributed by atoms with Crippen LogP contribution in [-0.4, -0.2) is 84.8 Å². The van der Waals surface area contributed by atoms with E-state index in [4.69, 9.17) is 0 Å². The number of ketones is 1. The Morgan fingerprint density at radius 3 is 1.56 bits per heavy atom. The highest BCUT2D eigenvalue weighted by atomic mass is 16.6. The third-order valence-corrected chi connectivity index (χ3v) is 22.5. The minimum Gasteiger partial charge on any atom is -0.392 e. The number of para-hydroxylation sites is 2. The number of rotatable bonds is 8. The summed E-state index contributed by atoms with van der Waals surface area (Å²) in [6, 6.07) is 55.3. The highest BCUT2D eigenvalue weighted by Crippen LogP contribution is 2.52. The molecule has 9 aliphatic heterocycles. The third-order valence-electron chi connectivity index (χ3n) is 22.5. The first-order valence-electron chi connectivity index (χ1n) is 34.5. The largest absolute Gasteiger partial charge is 0.550 e. The topological polar surface area (TPSA) is 312 Å². The summed E-state index contributed by atoms with van der Waals surface area (Å²) < 4.78 is 11.5. The number of benzene rings is 5. The standard InChI is InChI=1S/C28H23N5O6.C26H19N5O4.C24H20N4O4/c34-15-19-10-22(25(33(38)39)11-20(19)16-35)24-12-26(36)31-14-21-9-17-5-1-2-6-18(17)13-30(21)28(31)29-8-4-3-7-23(29)27(37)32(24)28;32-24-15-22(19-9-3-4-10-20(19)31(34)35)30-25(33)21-11-5-6-13-27(21)26(30)28-14-12-17-7-1-2-8-18(17)23(28)16-29(24)26;29-21-13-16-7-3-5-11-25(16)24-23(21)19(18-9-1-2-10-20(18)28(31)32)14-22(30)27(24)15-17-8-4-6-12-26(17)24/h1-11,13,24,34-35H,12,14-16H2;1-14,22H,15-16H2;1-12,19,23H,13-15H2/q3*+2. The van der Waals surface area contributed by atoms with Crippen molar-refractivity contribution in [1.82, 2.24) is 24.5 Å². The van der Waals surface area contributed by atoms with Crippen LogP contribution in [0.3, 0.4) is 0 Å². The Kier molecular flexibility index (Phi) is 14.6. The molecule has 2 N–H and O–H groups in total. The van der Waals surface area contributed by atoms with Gasteiger partial charge < -0.3 is 10.2 Å². The summed E-state index contributed by atoms with van der Waals surface area (Å²) in [6.07, 6.45) is 11.2. The van der Waals surface area contributed by atoms with E-state index in [2.05, 4.69) is 0 Å². The van der Waals surface area contributed by atoms with Crippen molar-refractivity contribution >= 4 is 73.9 Å². The van der Waals surface area contributed by atoms with Crippen LogP contribution in [0.5, 0.6) is 0 Å². The number of aromatic nitrogens is 6. The number of aliphatic hydroxyl groups is 2. The molecule has 0 bridgehead atoms. The van der Waals surface area contributed by atoms with Crippen molar-refractivity contribution in [3.63, 3.8) is 0 Å². The number of amides is 5. The van der Waals surface area contributed by atoms with Crippen LogP contribution in [0.1, 0.15) is 109 Å². The maximum atomic E-state index is 14.2. The number of pyridine rings is 6. The number of nitrogens with zero attached hydrogens (tertiary/aromatic N) is 14. The maximum absolute atomic E-state index is 14.2. The number of fused-ring (bicyclic) bond motifs is 9. The summed E-state index contributed by atoms with van der Waals surface area (Å²) in [7, 11) is 0. The zero-order valence-corrected chi connectivity index (χ0v) is 56.2. The molecule has 3 saturated heterocycles. The molecule has 0 saturated carbocycles. The van der Waals surface area contributed by atoms with Crippen LogP contribution in [0.25, 0.3) is 21.5 Å². The van der Waals surface area contributed by atoms with Crippen molar-refractivity contribution in [2.45, 2.75) is 94.1 Å². The molecule has 522 valence electrons. The van der Waals surface area contributed by atoms with Gasteiger partial charge >= 0.3 is 29.4 Å². The SMILES string of the molecule is O=C1CC(c2cc(CO)c(CO)cc2[N+](=O)[O-])N2C(=O)c3cccc[n+]3C23N1Cc1cc2ccccc2c[n+]13.O=C1CC(c2ccccc2[N+](=O)[O-])N2C(=O)c3cccc[n+]3C23N1Cc1c2ccccc2cc[n+]13.O=C1Cc2cccc[n+]2C23C1C(c1ccccc1[N+](=O)[O-])CC(=O)N2Cc1cccc[n+]13. The molecule has 15 heterocycles. The van der Waals surface area contributed by atoms with Crippen LogP contribution in [0.2, 0.25) is 0 Å². The number of hydrogen-bond donors (Lipinski definition) is 2. The minimum atomic E-state index is -1.43. The van der Waals surface area contributed by atoms with E-state index in [1.165, 1.54) is 24.3 Å². The van der Waals surface area contributed by atoms with Crippen molar-refractivity contribution in [2.75, 3.05) is 0 Å². The van der Waals surface area contributed by atoms with Crippen LogP contribution >= 0.6 is 0 Å². The van der Waals surface area contributed by atoms with Crippen molar-refractivity contribution < 1.29 is 81.2 Å². The molecule has 5 amide bonds. The van der Waals surface area contributed by atoms with Crippen LogP contribution < -0.4 is 27.4 Å². The first-order chi connectivity index (χ1) is 51.5. The molecule has 9 aliphatic rings. The molecule has 5 aromatic carbocycles. The lowest BCUT2D eigenvalue weighted by molar-refractivity contribution is -1.02. The molecule has 28 nitrogen and oxygen atoms in total. The zero-order valence-electron chi connectivity index (χ0n) is 56.2. The van der Waals surface area contributed by atoms with Crippen LogP contribution in [0, 0.1) is 36.3 Å². The van der Waals surface area contributed by atoms with Gasteiger partial charge in [0.05, 0.1) is 75.8 Å². The van der Waals surface area contributed by atoms with Crippen LogP contribution in [-0.2, 0) is 76.1 Å². The number of nitro groups is 3. The number of carbonyl (C=O) groups is 6. The lowest BCUT2D eigenvalue weighted by Crippen LogP contribution is -2.86. The van der Waals surface area contributed by atoms with E-state index in [0.29, 0.717) is 41.2 Å². The van der Waals surface area contributed by atoms with Gasteiger partial charge in [-0.05, 0) is 52.2 Å². The molecule has 0 aliphatic carbocycles. The predicted molar refractivity (Wildman–Crippen MR) is 364 cm³/mol. The Bertz CT molecular complexity index is 5800. The van der Waals surface area contributed by atoms with E-state index in [-0.39, 0.29) is 95.7 Å². The second kappa shape index (κ2) is 23.9. The molecule has 20 rings (SSSR count). The van der Waals surface area contributed by atoms with Gasteiger partial charge in [-0.25, -0.2) is 4.90 Å². The van der Waals surface area contributed by atoms with E-state index in [1.54, 1.807) is 108 Å². The smallest absolute Gasteiger partial charge is 0.392 e. The Morgan fingerprint density at radius 1 is 0.425 bits per heavy atom. The van der Waals surface area contributed by atoms with E-state index in [1.807, 2.05) is 151 Å². The highest BCUT2D eigenvalue weighted by Gasteiger charge is 2.81. The van der Waals surface area contributed by atoms with E-state index < -0.39 is 69.5 Å². The van der Waals surface area contributed by atoms with Gasteiger partial charge in [-0.3, -0.25) is 59.1 Å². The van der Waals surface area contributed by atoms with E-state index >= 15 is 0 Å². The quantitative estimate of drug-likeness (QED) is 0.110. The highest BCUT2D eigenvalue weighted by molar-refractivity contribution is 5.96. The summed E-state index contributed by atoms with van der Waals surface area (Å²) in [6.45, 7) is -0.0257. The Balaban J connectivity index is 0.000000113. The summed E-state index contributed by atoms with van der Waals surface area (Å²) in [4.78, 5) is 126. The Morgan fingerprint density at radius 2 is 0.915 bits per heavy atom. The van der Waals surface area contributed by atoms with Crippen molar-refractivity contribution in [3.8, 4) is 0 Å². The van der Waals surface area contributed by atoms with E-state index in [0.717, 1.165) is 44.3 Å². The number of aliphatic hydroxyl groups excluding tert-OH is 2. The lowest BCUT2D eigenvalue weighted by Gasteiger charge is -2.43. The van der Waals surface area contributed by atoms with Crippen molar-refractivity contribution in [3.05, 3.63) is 324 Å². The van der Waals surface area contributed by atoms with Crippen LogP contribution in [0.4, 0.5) is 17.1 Å². The monoisotopic (exact) mass is 1420 g/mol.